The van der Waals surface area contributed by atoms with Crippen LogP contribution in [-0.2, 0) is 6.42 Å². The van der Waals surface area contributed by atoms with Gasteiger partial charge in [0.25, 0.3) is 0 Å². The van der Waals surface area contributed by atoms with Crippen LogP contribution >= 0.6 is 27.3 Å². The lowest BCUT2D eigenvalue weighted by atomic mass is 10.1. The fourth-order valence-corrected chi connectivity index (χ4v) is 3.86. The summed E-state index contributed by atoms with van der Waals surface area (Å²) in [7, 11) is 0. The molecule has 0 amide bonds. The molecule has 3 heterocycles. The lowest BCUT2D eigenvalue weighted by molar-refractivity contribution is 0.473. The van der Waals surface area contributed by atoms with Gasteiger partial charge in [-0.25, -0.2) is 9.67 Å². The second kappa shape index (κ2) is 5.85. The smallest absolute Gasteiger partial charge is 0.139 e. The Morgan fingerprint density at radius 1 is 1.55 bits per heavy atom. The van der Waals surface area contributed by atoms with Crippen LogP contribution < -0.4 is 5.32 Å². The summed E-state index contributed by atoms with van der Waals surface area (Å²) in [5, 5.41) is 11.5. The Kier molecular flexibility index (Phi) is 4.12. The monoisotopic (exact) mass is 354 g/mol. The fourth-order valence-electron chi connectivity index (χ4n) is 2.51. The zero-order valence-electron chi connectivity index (χ0n) is 11.8. The van der Waals surface area contributed by atoms with Gasteiger partial charge in [0.05, 0.1) is 10.2 Å². The van der Waals surface area contributed by atoms with Crippen LogP contribution in [0.4, 0.5) is 5.82 Å². The molecule has 1 aliphatic heterocycles. The molecular weight excluding hydrogens is 336 g/mol. The molecule has 0 fully saturated rings. The van der Waals surface area contributed by atoms with Crippen molar-refractivity contribution in [3.63, 3.8) is 0 Å². The van der Waals surface area contributed by atoms with Gasteiger partial charge in [0.15, 0.2) is 0 Å². The van der Waals surface area contributed by atoms with Crippen molar-refractivity contribution in [2.75, 3.05) is 11.9 Å². The summed E-state index contributed by atoms with van der Waals surface area (Å²) in [5.41, 5.74) is 1.16. The van der Waals surface area contributed by atoms with Crippen LogP contribution in [0.25, 0.3) is 0 Å². The molecule has 0 saturated carbocycles. The average Bonchev–Trinajstić information content (AvgIpc) is 3.05. The highest BCUT2D eigenvalue weighted by Crippen LogP contribution is 2.37. The second-order valence-electron chi connectivity index (χ2n) is 5.59. The van der Waals surface area contributed by atoms with Crippen molar-refractivity contribution >= 4 is 33.1 Å². The van der Waals surface area contributed by atoms with Gasteiger partial charge in [0.2, 0.25) is 0 Å². The van der Waals surface area contributed by atoms with E-state index in [4.69, 9.17) is 5.10 Å². The van der Waals surface area contributed by atoms with Crippen molar-refractivity contribution in [2.24, 2.45) is 5.92 Å². The molecule has 2 aromatic heterocycles. The van der Waals surface area contributed by atoms with E-state index < -0.39 is 0 Å². The summed E-state index contributed by atoms with van der Waals surface area (Å²) in [4.78, 5) is 4.47. The van der Waals surface area contributed by atoms with E-state index in [1.54, 1.807) is 11.3 Å². The number of halogens is 1. The molecule has 20 heavy (non-hydrogen) atoms. The number of hydrogen-bond acceptors (Lipinski definition) is 4. The zero-order chi connectivity index (χ0) is 14.1. The third kappa shape index (κ3) is 2.63. The molecule has 108 valence electrons. The predicted molar refractivity (Wildman–Crippen MR) is 86.4 cm³/mol. The summed E-state index contributed by atoms with van der Waals surface area (Å²) < 4.78 is 3.24. The Morgan fingerprint density at radius 3 is 3.10 bits per heavy atom. The van der Waals surface area contributed by atoms with Crippen LogP contribution in [0, 0.1) is 5.92 Å². The van der Waals surface area contributed by atoms with Crippen LogP contribution in [-0.4, -0.2) is 21.3 Å². The second-order valence-corrected chi connectivity index (χ2v) is 7.31. The van der Waals surface area contributed by atoms with E-state index in [0.717, 1.165) is 46.8 Å². The van der Waals surface area contributed by atoms with Gasteiger partial charge in [0.1, 0.15) is 16.9 Å². The summed E-state index contributed by atoms with van der Waals surface area (Å²) >= 11 is 5.43. The van der Waals surface area contributed by atoms with Gasteiger partial charge in [-0.05, 0) is 41.1 Å². The summed E-state index contributed by atoms with van der Waals surface area (Å²) in [6.07, 6.45) is 5.10. The minimum Gasteiger partial charge on any atom is -0.369 e. The maximum Gasteiger partial charge on any atom is 0.139 e. The van der Waals surface area contributed by atoms with Gasteiger partial charge >= 0.3 is 0 Å². The Balaban J connectivity index is 1.92. The lowest BCUT2D eigenvalue weighted by Gasteiger charge is -2.24. The molecule has 0 radical (unpaired) electrons. The number of aromatic nitrogens is 3. The van der Waals surface area contributed by atoms with Crippen LogP contribution in [0.3, 0.4) is 0 Å². The number of anilines is 1. The van der Waals surface area contributed by atoms with E-state index in [2.05, 4.69) is 44.8 Å². The van der Waals surface area contributed by atoms with Crippen LogP contribution in [0.15, 0.2) is 16.0 Å². The van der Waals surface area contributed by atoms with Crippen molar-refractivity contribution in [3.05, 3.63) is 26.8 Å². The first-order chi connectivity index (χ1) is 9.66. The minimum absolute atomic E-state index is 0.273. The summed E-state index contributed by atoms with van der Waals surface area (Å²) in [5.74, 6) is 1.80. The standard InChI is InChI=1S/C14H19BrN4S/c1-9(2)3-4-10-12(15)13-16-6-5-11(19(13)18-10)14-17-7-8-20-14/h7-9,11,16H,3-6H2,1-2H3. The molecule has 0 aromatic carbocycles. The molecule has 3 rings (SSSR count). The number of aryl methyl sites for hydroxylation is 1. The number of rotatable bonds is 4. The van der Waals surface area contributed by atoms with Crippen molar-refractivity contribution in [1.82, 2.24) is 14.8 Å². The average molecular weight is 355 g/mol. The van der Waals surface area contributed by atoms with E-state index >= 15 is 0 Å². The Hall–Kier alpha value is -0.880. The third-order valence-corrected chi connectivity index (χ3v) is 5.33. The van der Waals surface area contributed by atoms with Crippen molar-refractivity contribution in [2.45, 2.75) is 39.2 Å². The Labute approximate surface area is 131 Å². The molecule has 6 heteroatoms. The molecule has 0 aliphatic carbocycles. The largest absolute Gasteiger partial charge is 0.369 e. The van der Waals surface area contributed by atoms with E-state index in [0.29, 0.717) is 5.92 Å². The molecule has 0 bridgehead atoms. The predicted octanol–water partition coefficient (Wildman–Crippen LogP) is 4.10. The lowest BCUT2D eigenvalue weighted by Crippen LogP contribution is -2.24. The number of nitrogens with one attached hydrogen (secondary N) is 1. The molecule has 2 aromatic rings. The van der Waals surface area contributed by atoms with E-state index in [1.165, 1.54) is 0 Å². The van der Waals surface area contributed by atoms with Crippen LogP contribution in [0.1, 0.15) is 43.4 Å². The first-order valence-electron chi connectivity index (χ1n) is 7.07. The topological polar surface area (TPSA) is 42.7 Å². The van der Waals surface area contributed by atoms with Crippen molar-refractivity contribution in [3.8, 4) is 0 Å². The number of thiazole rings is 1. The van der Waals surface area contributed by atoms with Gasteiger partial charge in [-0.15, -0.1) is 11.3 Å². The Morgan fingerprint density at radius 2 is 2.40 bits per heavy atom. The van der Waals surface area contributed by atoms with Gasteiger partial charge in [-0.3, -0.25) is 0 Å². The highest BCUT2D eigenvalue weighted by molar-refractivity contribution is 9.10. The first-order valence-corrected chi connectivity index (χ1v) is 8.74. The van der Waals surface area contributed by atoms with Crippen LogP contribution in [0.5, 0.6) is 0 Å². The fraction of sp³-hybridized carbons (Fsp3) is 0.571. The van der Waals surface area contributed by atoms with Crippen LogP contribution in [0.2, 0.25) is 0 Å². The molecule has 0 saturated heterocycles. The molecule has 1 atom stereocenters. The molecule has 1 aliphatic rings. The van der Waals surface area contributed by atoms with E-state index in [1.807, 2.05) is 11.6 Å². The van der Waals surface area contributed by atoms with Crippen molar-refractivity contribution < 1.29 is 0 Å². The summed E-state index contributed by atoms with van der Waals surface area (Å²) in [6, 6.07) is 0.273. The maximum absolute atomic E-state index is 4.83. The van der Waals surface area contributed by atoms with Gasteiger partial charge in [-0.2, -0.15) is 5.10 Å². The molecule has 4 nitrogen and oxygen atoms in total. The maximum atomic E-state index is 4.83. The zero-order valence-corrected chi connectivity index (χ0v) is 14.2. The van der Waals surface area contributed by atoms with Crippen molar-refractivity contribution in [1.29, 1.82) is 0 Å². The third-order valence-electron chi connectivity index (χ3n) is 3.62. The van der Waals surface area contributed by atoms with Gasteiger partial charge in [-0.1, -0.05) is 13.8 Å². The number of hydrogen-bond donors (Lipinski definition) is 1. The van der Waals surface area contributed by atoms with E-state index in [-0.39, 0.29) is 6.04 Å². The molecule has 1 N–H and O–H groups in total. The normalized spacial score (nSPS) is 18.1. The highest BCUT2D eigenvalue weighted by atomic mass is 79.9. The quantitative estimate of drug-likeness (QED) is 0.898. The molecule has 1 unspecified atom stereocenters. The van der Waals surface area contributed by atoms with Gasteiger partial charge < -0.3 is 5.32 Å². The van der Waals surface area contributed by atoms with Gasteiger partial charge in [0, 0.05) is 18.1 Å². The molecule has 0 spiro atoms. The minimum atomic E-state index is 0.273. The summed E-state index contributed by atoms with van der Waals surface area (Å²) in [6.45, 7) is 5.47. The number of nitrogens with zero attached hydrogens (tertiary/aromatic N) is 3. The Bertz CT molecular complexity index is 576. The SMILES string of the molecule is CC(C)CCc1nn2c(c1Br)NCCC2c1nccs1. The highest BCUT2D eigenvalue weighted by Gasteiger charge is 2.27. The molecular formula is C14H19BrN4S. The first kappa shape index (κ1) is 14.1. The number of fused-ring (bicyclic) bond motifs is 1. The van der Waals surface area contributed by atoms with E-state index in [9.17, 15) is 0 Å².